The molecule has 0 saturated carbocycles. The average molecular weight is 1170 g/mol. The van der Waals surface area contributed by atoms with E-state index in [1.54, 1.807) is 72.5 Å². The Balaban J connectivity index is 0.000000250. The molecule has 0 aliphatic carbocycles. The number of rotatable bonds is 15. The first-order valence-corrected chi connectivity index (χ1v) is 26.1. The van der Waals surface area contributed by atoms with Crippen LogP contribution in [0.5, 0.6) is 0 Å². The minimum absolute atomic E-state index is 0. The van der Waals surface area contributed by atoms with Gasteiger partial charge < -0.3 is 43.8 Å². The number of Topliss-reactive ketones (excluding diaryl/α,β-unsaturated/α-hetero) is 2. The number of halogens is 4. The van der Waals surface area contributed by atoms with Crippen LogP contribution in [0.25, 0.3) is 22.3 Å². The molecule has 78 heavy (non-hydrogen) atoms. The number of cyclic esters (lactones) is 2. The number of hydrogen-bond acceptors (Lipinski definition) is 18. The third kappa shape index (κ3) is 18.4. The predicted octanol–water partition coefficient (Wildman–Crippen LogP) is 9.07. The third-order valence-corrected chi connectivity index (χ3v) is 12.0. The van der Waals surface area contributed by atoms with Gasteiger partial charge in [0, 0.05) is 60.6 Å². The highest BCUT2D eigenvalue weighted by Crippen LogP contribution is 2.32. The molecular formula is C54H66BrClF2N10O10. The van der Waals surface area contributed by atoms with Crippen LogP contribution in [0.2, 0.25) is 0 Å². The monoisotopic (exact) mass is 1170 g/mol. The van der Waals surface area contributed by atoms with E-state index in [4.69, 9.17) is 18.9 Å². The number of nitrogens with one attached hydrogen (secondary N) is 1. The van der Waals surface area contributed by atoms with Crippen molar-refractivity contribution in [2.75, 3.05) is 70.7 Å². The number of pyridine rings is 2. The summed E-state index contributed by atoms with van der Waals surface area (Å²) in [6.07, 6.45) is 6.21. The first kappa shape index (κ1) is 61.6. The Hall–Kier alpha value is -7.27. The predicted molar refractivity (Wildman–Crippen MR) is 298 cm³/mol. The first-order valence-electron chi connectivity index (χ1n) is 25.0. The summed E-state index contributed by atoms with van der Waals surface area (Å²) in [5.74, 6) is -0.0537. The van der Waals surface area contributed by atoms with E-state index in [1.165, 1.54) is 35.8 Å². The van der Waals surface area contributed by atoms with Crippen molar-refractivity contribution in [2.45, 2.75) is 104 Å². The maximum atomic E-state index is 15.0. The number of ether oxygens (including phenoxy) is 4. The number of esters is 2. The second-order valence-corrected chi connectivity index (χ2v) is 20.9. The fourth-order valence-electron chi connectivity index (χ4n) is 7.97. The van der Waals surface area contributed by atoms with E-state index in [2.05, 4.69) is 41.5 Å². The number of amides is 2. The summed E-state index contributed by atoms with van der Waals surface area (Å²) in [6, 6.07) is 16.4. The SMILES string of the molecule is CC(=O)CC[C@H]1CN(c2ccc(-c3ccc(N4C=NN(CC(=O)OC(C)(C)C)CC4)nc3)c(F)c2)C(=O)O1.CC(=O)CC[C@H]1CN(c2ccc(-c3ccc(N4C=NNCC4)nc3)c(F)c2)C(=O)O1.CC(C)(C)OC(=O)CBr.Cl. The van der Waals surface area contributed by atoms with Crippen LogP contribution in [0.3, 0.4) is 0 Å². The standard InChI is InChI=1S/C27H32FN5O5.C21H22FN5O3.C6H11BrO2.ClH/c1-18(34)5-8-21-15-33(26(36)37-21)20-7-9-22(23(28)13-20)19-6-10-24(29-14-19)31-11-12-32(30-17-31)16-25(35)38-27(2,3)4;1-14(28)2-5-17-12-27(21(29)30-17)16-4-6-18(19(22)10-16)15-3-7-20(23-11-15)26-9-8-24-25-13-26;1-6(2,3)9-5(8)4-7;/h6-7,9-10,13-14,17,21H,5,8,11-12,15-16H2,1-4H3;3-4,6-7,10-11,13,17,24H,2,5,8-9,12H2,1H3;4H2,1-3H3;1H/t21-;17-;;/m00../s1. The van der Waals surface area contributed by atoms with Gasteiger partial charge in [-0.15, -0.1) is 12.4 Å². The highest BCUT2D eigenvalue weighted by molar-refractivity contribution is 9.09. The summed E-state index contributed by atoms with van der Waals surface area (Å²) in [7, 11) is 0. The molecule has 1 N–H and O–H groups in total. The van der Waals surface area contributed by atoms with E-state index in [1.807, 2.05) is 57.4 Å². The molecular weight excluding hydrogens is 1100 g/mol. The molecule has 0 spiro atoms. The normalized spacial score (nSPS) is 16.9. The van der Waals surface area contributed by atoms with Gasteiger partial charge in [-0.25, -0.2) is 28.3 Å². The van der Waals surface area contributed by atoms with Crippen molar-refractivity contribution < 1.29 is 56.5 Å². The fourth-order valence-corrected chi connectivity index (χ4v) is 8.09. The van der Waals surface area contributed by atoms with Gasteiger partial charge in [0.25, 0.3) is 0 Å². The largest absolute Gasteiger partial charge is 0.459 e. The van der Waals surface area contributed by atoms with E-state index in [-0.39, 0.29) is 66.0 Å². The highest BCUT2D eigenvalue weighted by atomic mass is 79.9. The Morgan fingerprint density at radius 2 is 1.15 bits per heavy atom. The van der Waals surface area contributed by atoms with Crippen molar-refractivity contribution in [1.29, 1.82) is 0 Å². The van der Waals surface area contributed by atoms with Gasteiger partial charge in [-0.2, -0.15) is 10.2 Å². The number of aromatic nitrogens is 2. The number of anilines is 4. The molecule has 20 nitrogen and oxygen atoms in total. The van der Waals surface area contributed by atoms with Gasteiger partial charge >= 0.3 is 24.1 Å². The van der Waals surface area contributed by atoms with Gasteiger partial charge in [0.05, 0.1) is 37.6 Å². The van der Waals surface area contributed by atoms with E-state index in [0.29, 0.717) is 84.8 Å². The van der Waals surface area contributed by atoms with Gasteiger partial charge in [-0.1, -0.05) is 15.9 Å². The number of benzene rings is 2. The molecule has 2 saturated heterocycles. The Kier molecular flexibility index (Phi) is 22.0. The molecule has 2 atom stereocenters. The van der Waals surface area contributed by atoms with E-state index >= 15 is 4.39 Å². The summed E-state index contributed by atoms with van der Waals surface area (Å²) >= 11 is 2.99. The highest BCUT2D eigenvalue weighted by Gasteiger charge is 2.34. The summed E-state index contributed by atoms with van der Waals surface area (Å²) in [4.78, 5) is 84.7. The van der Waals surface area contributed by atoms with Gasteiger partial charge in [-0.05, 0) is 129 Å². The van der Waals surface area contributed by atoms with Crippen LogP contribution in [-0.4, -0.2) is 138 Å². The van der Waals surface area contributed by atoms with Crippen molar-refractivity contribution in [3.63, 3.8) is 0 Å². The number of nitrogens with zero attached hydrogens (tertiary/aromatic N) is 9. The molecule has 0 radical (unpaired) electrons. The van der Waals surface area contributed by atoms with Crippen molar-refractivity contribution in [2.24, 2.45) is 10.2 Å². The summed E-state index contributed by atoms with van der Waals surface area (Å²) in [5.41, 5.74) is 4.76. The van der Waals surface area contributed by atoms with Gasteiger partial charge in [0.15, 0.2) is 0 Å². The molecule has 2 amide bonds. The van der Waals surface area contributed by atoms with Crippen LogP contribution in [0.15, 0.2) is 83.3 Å². The summed E-state index contributed by atoms with van der Waals surface area (Å²) in [6.45, 7) is 17.2. The Labute approximate surface area is 467 Å². The molecule has 8 rings (SSSR count). The topological polar surface area (TPSA) is 218 Å². The zero-order valence-corrected chi connectivity index (χ0v) is 47.3. The molecule has 4 aromatic rings. The Morgan fingerprint density at radius 3 is 1.51 bits per heavy atom. The third-order valence-electron chi connectivity index (χ3n) is 11.6. The molecule has 2 fully saturated rings. The van der Waals surface area contributed by atoms with Crippen molar-refractivity contribution in [3.05, 3.63) is 84.7 Å². The van der Waals surface area contributed by atoms with Gasteiger partial charge in [0.1, 0.15) is 82.8 Å². The molecule has 0 unspecified atom stereocenters. The summed E-state index contributed by atoms with van der Waals surface area (Å²) < 4.78 is 50.7. The van der Waals surface area contributed by atoms with Crippen LogP contribution < -0.4 is 25.0 Å². The Morgan fingerprint density at radius 1 is 0.679 bits per heavy atom. The van der Waals surface area contributed by atoms with Crippen LogP contribution in [0.1, 0.15) is 81.1 Å². The zero-order chi connectivity index (χ0) is 56.0. The van der Waals surface area contributed by atoms with E-state index in [0.717, 1.165) is 18.9 Å². The molecule has 24 heteroatoms. The first-order chi connectivity index (χ1) is 36.4. The van der Waals surface area contributed by atoms with Crippen molar-refractivity contribution >= 4 is 99.7 Å². The van der Waals surface area contributed by atoms with E-state index in [9.17, 15) is 33.2 Å². The maximum absolute atomic E-state index is 15.0. The number of hydrazone groups is 2. The molecule has 0 bridgehead atoms. The summed E-state index contributed by atoms with van der Waals surface area (Å²) in [5, 5.41) is 10.2. The number of alkyl halides is 1. The average Bonchev–Trinajstić information content (AvgIpc) is 3.99. The Bertz CT molecular complexity index is 2820. The van der Waals surface area contributed by atoms with Crippen LogP contribution in [0.4, 0.5) is 41.4 Å². The molecule has 4 aliphatic heterocycles. The molecule has 420 valence electrons. The van der Waals surface area contributed by atoms with Gasteiger partial charge in [0.2, 0.25) is 0 Å². The number of ketones is 2. The molecule has 4 aliphatic rings. The van der Waals surface area contributed by atoms with Crippen molar-refractivity contribution in [3.8, 4) is 22.3 Å². The molecule has 2 aromatic carbocycles. The lowest BCUT2D eigenvalue weighted by Gasteiger charge is -2.29. The number of carbonyl (C=O) groups is 6. The van der Waals surface area contributed by atoms with E-state index < -0.39 is 35.5 Å². The minimum atomic E-state index is -0.551. The van der Waals surface area contributed by atoms with Gasteiger partial charge in [-0.3, -0.25) is 24.4 Å². The van der Waals surface area contributed by atoms with Crippen LogP contribution in [-0.2, 0) is 38.1 Å². The number of hydrogen-bond donors (Lipinski definition) is 1. The fraction of sp³-hybridized carbons (Fsp3) is 0.444. The van der Waals surface area contributed by atoms with Crippen molar-refractivity contribution in [1.82, 2.24) is 20.4 Å². The lowest BCUT2D eigenvalue weighted by atomic mass is 10.1. The quantitative estimate of drug-likeness (QED) is 0.0667. The molecule has 2 aromatic heterocycles. The maximum Gasteiger partial charge on any atom is 0.414 e. The minimum Gasteiger partial charge on any atom is -0.459 e. The zero-order valence-electron chi connectivity index (χ0n) is 44.9. The number of carbonyl (C=O) groups excluding carboxylic acids is 6. The smallest absolute Gasteiger partial charge is 0.414 e. The van der Waals surface area contributed by atoms with Crippen LogP contribution in [0, 0.1) is 11.6 Å². The second kappa shape index (κ2) is 27.9. The lowest BCUT2D eigenvalue weighted by molar-refractivity contribution is -0.156. The molecule has 6 heterocycles. The lowest BCUT2D eigenvalue weighted by Crippen LogP contribution is -2.41. The van der Waals surface area contributed by atoms with Crippen LogP contribution >= 0.6 is 28.3 Å². The second-order valence-electron chi connectivity index (χ2n) is 20.3.